The largest absolute Gasteiger partial charge is 0.494 e. The average Bonchev–Trinajstić information content (AvgIpc) is 3.29. The minimum atomic E-state index is -1.28. The van der Waals surface area contributed by atoms with Crippen LogP contribution >= 0.6 is 0 Å². The fourth-order valence-corrected chi connectivity index (χ4v) is 4.12. The summed E-state index contributed by atoms with van der Waals surface area (Å²) in [4.78, 5) is 53.2. The smallest absolute Gasteiger partial charge is 0.254 e. The van der Waals surface area contributed by atoms with Crippen molar-refractivity contribution in [2.75, 3.05) is 23.0 Å². The zero-order chi connectivity index (χ0) is 24.4. The molecule has 2 aromatic rings. The van der Waals surface area contributed by atoms with E-state index in [1.807, 2.05) is 13.8 Å². The van der Waals surface area contributed by atoms with Gasteiger partial charge in [0.15, 0.2) is 0 Å². The Morgan fingerprint density at radius 3 is 1.41 bits per heavy atom. The topological polar surface area (TPSA) is 117 Å². The molecule has 0 saturated carbocycles. The van der Waals surface area contributed by atoms with E-state index in [-0.39, 0.29) is 12.8 Å². The van der Waals surface area contributed by atoms with Crippen molar-refractivity contribution in [3.05, 3.63) is 48.5 Å². The van der Waals surface area contributed by atoms with Crippen molar-refractivity contribution in [3.63, 3.8) is 0 Å². The fourth-order valence-electron chi connectivity index (χ4n) is 4.12. The van der Waals surface area contributed by atoms with E-state index in [9.17, 15) is 24.4 Å². The number of hydroxylamine groups is 2. The maximum Gasteiger partial charge on any atom is 0.254 e. The number of hydrogen-bond acceptors (Lipinski definition) is 8. The Hall–Kier alpha value is -3.76. The first kappa shape index (κ1) is 23.4. The number of amides is 4. The van der Waals surface area contributed by atoms with Crippen molar-refractivity contribution in [1.29, 1.82) is 0 Å². The maximum atomic E-state index is 13.0. The molecule has 2 aliphatic heterocycles. The van der Waals surface area contributed by atoms with Gasteiger partial charge < -0.3 is 14.7 Å². The Bertz CT molecular complexity index is 1010. The van der Waals surface area contributed by atoms with Gasteiger partial charge in [0, 0.05) is 0 Å². The summed E-state index contributed by atoms with van der Waals surface area (Å²) in [5.74, 6) is -1.19. The molecule has 2 fully saturated rings. The molecule has 2 aromatic carbocycles. The standard InChI is InChI=1S/C24H25N3O7/c1-3-33-17-9-5-15(6-10-17)25-21(28)13-19(23(25)30)27(32)20-14-22(29)26(24(20)31)16-7-11-18(12-8-16)34-4-2/h5-12,19-20,32H,3-4,13-14H2,1-2H3/t19-,20-/m1/s1. The minimum Gasteiger partial charge on any atom is -0.494 e. The number of ether oxygens (including phenoxy) is 2. The molecule has 2 atom stereocenters. The van der Waals surface area contributed by atoms with E-state index in [0.29, 0.717) is 41.2 Å². The van der Waals surface area contributed by atoms with E-state index < -0.39 is 35.7 Å². The van der Waals surface area contributed by atoms with Crippen LogP contribution in [0.5, 0.6) is 11.5 Å². The van der Waals surface area contributed by atoms with Gasteiger partial charge in [0.1, 0.15) is 23.6 Å². The predicted molar refractivity (Wildman–Crippen MR) is 121 cm³/mol. The molecule has 2 aliphatic rings. The number of hydrogen-bond donors (Lipinski definition) is 1. The van der Waals surface area contributed by atoms with Crippen LogP contribution in [0.4, 0.5) is 11.4 Å². The Labute approximate surface area is 196 Å². The van der Waals surface area contributed by atoms with Crippen molar-refractivity contribution in [3.8, 4) is 11.5 Å². The second-order valence-corrected chi connectivity index (χ2v) is 7.81. The van der Waals surface area contributed by atoms with Crippen molar-refractivity contribution < 1.29 is 33.9 Å². The second kappa shape index (κ2) is 9.62. The molecule has 2 saturated heterocycles. The molecule has 10 nitrogen and oxygen atoms in total. The highest BCUT2D eigenvalue weighted by molar-refractivity contribution is 6.24. The zero-order valence-electron chi connectivity index (χ0n) is 18.8. The molecule has 34 heavy (non-hydrogen) atoms. The number of anilines is 2. The number of nitrogens with zero attached hydrogens (tertiary/aromatic N) is 3. The highest BCUT2D eigenvalue weighted by Crippen LogP contribution is 2.31. The van der Waals surface area contributed by atoms with Gasteiger partial charge in [0.2, 0.25) is 11.8 Å². The molecule has 0 aromatic heterocycles. The molecule has 0 radical (unpaired) electrons. The summed E-state index contributed by atoms with van der Waals surface area (Å²) in [5, 5.41) is 11.3. The van der Waals surface area contributed by atoms with Crippen LogP contribution in [0.25, 0.3) is 0 Å². The summed E-state index contributed by atoms with van der Waals surface area (Å²) in [5.41, 5.74) is 0.665. The quantitative estimate of drug-likeness (QED) is 0.464. The van der Waals surface area contributed by atoms with Gasteiger partial charge in [-0.15, -0.1) is 0 Å². The lowest BCUT2D eigenvalue weighted by atomic mass is 10.1. The van der Waals surface area contributed by atoms with Gasteiger partial charge in [-0.2, -0.15) is 5.06 Å². The summed E-state index contributed by atoms with van der Waals surface area (Å²) < 4.78 is 10.7. The number of carbonyl (C=O) groups excluding carboxylic acids is 4. The molecule has 4 amide bonds. The number of imide groups is 2. The van der Waals surface area contributed by atoms with Crippen LogP contribution in [0.3, 0.4) is 0 Å². The molecular weight excluding hydrogens is 442 g/mol. The third kappa shape index (κ3) is 4.25. The Kier molecular flexibility index (Phi) is 6.62. The summed E-state index contributed by atoms with van der Waals surface area (Å²) >= 11 is 0. The molecule has 1 N–H and O–H groups in total. The molecule has 0 unspecified atom stereocenters. The first-order valence-corrected chi connectivity index (χ1v) is 11.0. The SMILES string of the molecule is CCOc1ccc(N2C(=O)C[C@@H](N(O)[C@@H]3CC(=O)N(c4ccc(OCC)cc4)C3=O)C2=O)cc1. The molecule has 0 aliphatic carbocycles. The van der Waals surface area contributed by atoms with E-state index in [1.54, 1.807) is 48.5 Å². The van der Waals surface area contributed by atoms with Crippen molar-refractivity contribution in [1.82, 2.24) is 5.06 Å². The molecule has 2 heterocycles. The number of benzene rings is 2. The minimum absolute atomic E-state index is 0.316. The summed E-state index contributed by atoms with van der Waals surface area (Å²) in [6.45, 7) is 4.64. The first-order valence-electron chi connectivity index (χ1n) is 11.0. The number of rotatable bonds is 8. The van der Waals surface area contributed by atoms with Gasteiger partial charge in [0.05, 0.1) is 37.4 Å². The highest BCUT2D eigenvalue weighted by Gasteiger charge is 2.50. The third-order valence-electron chi connectivity index (χ3n) is 5.70. The van der Waals surface area contributed by atoms with E-state index >= 15 is 0 Å². The lowest BCUT2D eigenvalue weighted by Gasteiger charge is -2.25. The van der Waals surface area contributed by atoms with Crippen LogP contribution in [0.2, 0.25) is 0 Å². The van der Waals surface area contributed by atoms with Crippen LogP contribution < -0.4 is 19.3 Å². The van der Waals surface area contributed by atoms with E-state index in [2.05, 4.69) is 0 Å². The van der Waals surface area contributed by atoms with Crippen molar-refractivity contribution in [2.45, 2.75) is 38.8 Å². The lowest BCUT2D eigenvalue weighted by molar-refractivity contribution is -0.172. The average molecular weight is 467 g/mol. The van der Waals surface area contributed by atoms with Gasteiger partial charge in [-0.05, 0) is 62.4 Å². The molecule has 4 rings (SSSR count). The molecule has 0 spiro atoms. The summed E-state index contributed by atoms with van der Waals surface area (Å²) in [6, 6.07) is 10.3. The monoisotopic (exact) mass is 467 g/mol. The maximum absolute atomic E-state index is 13.0. The molecule has 0 bridgehead atoms. The van der Waals surface area contributed by atoms with Crippen molar-refractivity contribution >= 4 is 35.0 Å². The van der Waals surface area contributed by atoms with Gasteiger partial charge >= 0.3 is 0 Å². The Morgan fingerprint density at radius 2 is 1.09 bits per heavy atom. The van der Waals surface area contributed by atoms with Crippen LogP contribution in [-0.2, 0) is 19.2 Å². The zero-order valence-corrected chi connectivity index (χ0v) is 18.8. The van der Waals surface area contributed by atoms with Gasteiger partial charge in [-0.3, -0.25) is 19.2 Å². The molecule has 10 heteroatoms. The molecule has 178 valence electrons. The van der Waals surface area contributed by atoms with Gasteiger partial charge in [-0.1, -0.05) is 0 Å². The van der Waals surface area contributed by atoms with Gasteiger partial charge in [-0.25, -0.2) is 9.80 Å². The van der Waals surface area contributed by atoms with E-state index in [0.717, 1.165) is 9.80 Å². The van der Waals surface area contributed by atoms with Gasteiger partial charge in [0.25, 0.3) is 11.8 Å². The van der Waals surface area contributed by atoms with Crippen LogP contribution in [0.15, 0.2) is 48.5 Å². The number of carbonyl (C=O) groups is 4. The predicted octanol–water partition coefficient (Wildman–Crippen LogP) is 2.14. The first-order chi connectivity index (χ1) is 16.3. The van der Waals surface area contributed by atoms with E-state index in [4.69, 9.17) is 9.47 Å². The Balaban J connectivity index is 1.49. The lowest BCUT2D eigenvalue weighted by Crippen LogP contribution is -2.49. The highest BCUT2D eigenvalue weighted by atomic mass is 16.5. The molecular formula is C24H25N3O7. The van der Waals surface area contributed by atoms with Crippen LogP contribution in [0.1, 0.15) is 26.7 Å². The summed E-state index contributed by atoms with van der Waals surface area (Å²) in [6.07, 6.45) is -0.632. The van der Waals surface area contributed by atoms with Crippen LogP contribution in [-0.4, -0.2) is 59.2 Å². The van der Waals surface area contributed by atoms with Crippen molar-refractivity contribution in [2.24, 2.45) is 0 Å². The summed E-state index contributed by atoms with van der Waals surface area (Å²) in [7, 11) is 0. The third-order valence-corrected chi connectivity index (χ3v) is 5.70. The second-order valence-electron chi connectivity index (χ2n) is 7.81. The Morgan fingerprint density at radius 1 is 0.735 bits per heavy atom. The fraction of sp³-hybridized carbons (Fsp3) is 0.333. The van der Waals surface area contributed by atoms with E-state index in [1.165, 1.54) is 0 Å². The van der Waals surface area contributed by atoms with Crippen LogP contribution in [0, 0.1) is 0 Å². The normalized spacial score (nSPS) is 20.6.